The quantitative estimate of drug-likeness (QED) is 0.802. The van der Waals surface area contributed by atoms with Crippen LogP contribution in [0.1, 0.15) is 35.4 Å². The van der Waals surface area contributed by atoms with Gasteiger partial charge in [0.15, 0.2) is 0 Å². The van der Waals surface area contributed by atoms with E-state index in [0.717, 1.165) is 37.4 Å². The highest BCUT2D eigenvalue weighted by Crippen LogP contribution is 2.26. The molecule has 1 unspecified atom stereocenters. The smallest absolute Gasteiger partial charge is 0.355 e. The zero-order valence-electron chi connectivity index (χ0n) is 11.9. The summed E-state index contributed by atoms with van der Waals surface area (Å²) in [6.45, 7) is 5.44. The van der Waals surface area contributed by atoms with Gasteiger partial charge in [-0.15, -0.1) is 0 Å². The summed E-state index contributed by atoms with van der Waals surface area (Å²) in [6, 6.07) is 5.52. The topological polar surface area (TPSA) is 46.8 Å². The third-order valence-corrected chi connectivity index (χ3v) is 4.04. The van der Waals surface area contributed by atoms with Gasteiger partial charge in [0.05, 0.1) is 12.8 Å². The molecule has 0 bridgehead atoms. The molecule has 0 aliphatic carbocycles. The third-order valence-electron chi connectivity index (χ3n) is 4.04. The summed E-state index contributed by atoms with van der Waals surface area (Å²) in [6.07, 6.45) is 3.11. The van der Waals surface area contributed by atoms with E-state index in [0.29, 0.717) is 11.6 Å². The first-order valence-electron chi connectivity index (χ1n) is 7.01. The zero-order valence-corrected chi connectivity index (χ0v) is 11.9. The van der Waals surface area contributed by atoms with Gasteiger partial charge in [-0.2, -0.15) is 0 Å². The van der Waals surface area contributed by atoms with Gasteiger partial charge in [-0.3, -0.25) is 4.40 Å². The summed E-state index contributed by atoms with van der Waals surface area (Å²) in [5.41, 5.74) is 2.39. The van der Waals surface area contributed by atoms with Crippen molar-refractivity contribution in [2.24, 2.45) is 0 Å². The second kappa shape index (κ2) is 5.25. The van der Waals surface area contributed by atoms with Crippen molar-refractivity contribution in [1.82, 2.24) is 14.3 Å². The van der Waals surface area contributed by atoms with E-state index in [2.05, 4.69) is 16.8 Å². The lowest BCUT2D eigenvalue weighted by molar-refractivity contribution is 0.0592. The molecule has 0 N–H and O–H groups in total. The molecule has 3 heterocycles. The number of rotatable bonds is 3. The summed E-state index contributed by atoms with van der Waals surface area (Å²) in [5.74, 6) is 0.126. The molecule has 1 fully saturated rings. The summed E-state index contributed by atoms with van der Waals surface area (Å²) >= 11 is 0. The lowest BCUT2D eigenvalue weighted by Crippen LogP contribution is -2.19. The molecule has 0 aromatic carbocycles. The molecule has 1 aliphatic rings. The van der Waals surface area contributed by atoms with Crippen molar-refractivity contribution >= 4 is 11.6 Å². The number of carbonyl (C=O) groups excluding carboxylic acids is 1. The van der Waals surface area contributed by atoms with Crippen molar-refractivity contribution in [1.29, 1.82) is 0 Å². The largest absolute Gasteiger partial charge is 0.464 e. The van der Waals surface area contributed by atoms with E-state index in [-0.39, 0.29) is 5.97 Å². The number of ether oxygens (including phenoxy) is 1. The van der Waals surface area contributed by atoms with Crippen LogP contribution in [0.25, 0.3) is 5.65 Å². The van der Waals surface area contributed by atoms with Crippen LogP contribution < -0.4 is 0 Å². The second-order valence-corrected chi connectivity index (χ2v) is 5.18. The van der Waals surface area contributed by atoms with Gasteiger partial charge < -0.3 is 9.64 Å². The first-order valence-corrected chi connectivity index (χ1v) is 7.01. The molecule has 5 nitrogen and oxygen atoms in total. The van der Waals surface area contributed by atoms with E-state index < -0.39 is 0 Å². The van der Waals surface area contributed by atoms with Gasteiger partial charge in [-0.05, 0) is 31.6 Å². The Kier molecular flexibility index (Phi) is 3.44. The zero-order chi connectivity index (χ0) is 14.1. The fourth-order valence-corrected chi connectivity index (χ4v) is 2.86. The number of fused-ring (bicyclic) bond motifs is 1. The van der Waals surface area contributed by atoms with Crippen molar-refractivity contribution in [3.63, 3.8) is 0 Å². The van der Waals surface area contributed by atoms with E-state index in [4.69, 9.17) is 4.74 Å². The van der Waals surface area contributed by atoms with E-state index in [1.54, 1.807) is 6.07 Å². The van der Waals surface area contributed by atoms with Crippen molar-refractivity contribution in [2.45, 2.75) is 19.3 Å². The van der Waals surface area contributed by atoms with E-state index in [1.807, 2.05) is 22.7 Å². The van der Waals surface area contributed by atoms with Crippen molar-refractivity contribution in [3.05, 3.63) is 35.8 Å². The van der Waals surface area contributed by atoms with Crippen LogP contribution in [0, 0.1) is 0 Å². The molecule has 106 valence electrons. The highest BCUT2D eigenvalue weighted by Gasteiger charge is 2.25. The Bertz CT molecular complexity index is 635. The summed E-state index contributed by atoms with van der Waals surface area (Å²) in [7, 11) is 1.40. The van der Waals surface area contributed by atoms with Crippen LogP contribution in [-0.4, -0.2) is 47.0 Å². The first kappa shape index (κ1) is 13.1. The van der Waals surface area contributed by atoms with Gasteiger partial charge >= 0.3 is 5.97 Å². The maximum atomic E-state index is 11.8. The number of likely N-dealkylation sites (tertiary alicyclic amines) is 1. The fourth-order valence-electron chi connectivity index (χ4n) is 2.86. The molecule has 0 spiro atoms. The second-order valence-electron chi connectivity index (χ2n) is 5.18. The van der Waals surface area contributed by atoms with Crippen LogP contribution in [0.5, 0.6) is 0 Å². The molecule has 20 heavy (non-hydrogen) atoms. The molecular weight excluding hydrogens is 254 g/mol. The number of esters is 1. The van der Waals surface area contributed by atoms with Crippen LogP contribution in [0.3, 0.4) is 0 Å². The van der Waals surface area contributed by atoms with Gasteiger partial charge in [-0.1, -0.05) is 13.0 Å². The fraction of sp³-hybridized carbons (Fsp3) is 0.467. The highest BCUT2D eigenvalue weighted by molar-refractivity contribution is 5.88. The van der Waals surface area contributed by atoms with Gasteiger partial charge in [0.2, 0.25) is 0 Å². The summed E-state index contributed by atoms with van der Waals surface area (Å²) in [5, 5.41) is 0. The monoisotopic (exact) mass is 273 g/mol. The molecule has 1 aliphatic heterocycles. The number of imidazole rings is 1. The average molecular weight is 273 g/mol. The number of carbonyl (C=O) groups is 1. The molecule has 5 heteroatoms. The summed E-state index contributed by atoms with van der Waals surface area (Å²) in [4.78, 5) is 18.9. The number of hydrogen-bond acceptors (Lipinski definition) is 4. The number of pyridine rings is 1. The van der Waals surface area contributed by atoms with E-state index in [9.17, 15) is 4.79 Å². The third kappa shape index (κ3) is 2.18. The SMILES string of the molecule is CCN1CCC(c2cn3c(C(=O)OC)cccc3n2)C1. The molecule has 2 aromatic rings. The van der Waals surface area contributed by atoms with Crippen LogP contribution in [0.2, 0.25) is 0 Å². The minimum absolute atomic E-state index is 0.332. The minimum atomic E-state index is -0.332. The predicted molar refractivity (Wildman–Crippen MR) is 76.0 cm³/mol. The van der Waals surface area contributed by atoms with Crippen LogP contribution in [0.4, 0.5) is 0 Å². The van der Waals surface area contributed by atoms with Crippen molar-refractivity contribution in [3.8, 4) is 0 Å². The summed E-state index contributed by atoms with van der Waals surface area (Å²) < 4.78 is 6.65. The van der Waals surface area contributed by atoms with E-state index in [1.165, 1.54) is 7.11 Å². The van der Waals surface area contributed by atoms with Gasteiger partial charge in [0.25, 0.3) is 0 Å². The maximum Gasteiger partial charge on any atom is 0.355 e. The van der Waals surface area contributed by atoms with Crippen molar-refractivity contribution < 1.29 is 9.53 Å². The Morgan fingerprint density at radius 3 is 3.05 bits per heavy atom. The molecule has 1 saturated heterocycles. The number of aromatic nitrogens is 2. The lowest BCUT2D eigenvalue weighted by Gasteiger charge is -2.11. The van der Waals surface area contributed by atoms with Gasteiger partial charge in [-0.25, -0.2) is 9.78 Å². The number of hydrogen-bond donors (Lipinski definition) is 0. The Labute approximate surface area is 118 Å². The van der Waals surface area contributed by atoms with Gasteiger partial charge in [0.1, 0.15) is 11.3 Å². The lowest BCUT2D eigenvalue weighted by atomic mass is 10.1. The van der Waals surface area contributed by atoms with Crippen LogP contribution in [0.15, 0.2) is 24.4 Å². The number of methoxy groups -OCH3 is 1. The number of likely N-dealkylation sites (N-methyl/N-ethyl adjacent to an activating group) is 1. The van der Waals surface area contributed by atoms with Crippen molar-refractivity contribution in [2.75, 3.05) is 26.7 Å². The molecule has 2 aromatic heterocycles. The molecule has 0 saturated carbocycles. The predicted octanol–water partition coefficient (Wildman–Crippen LogP) is 1.93. The number of nitrogens with zero attached hydrogens (tertiary/aromatic N) is 3. The van der Waals surface area contributed by atoms with Crippen LogP contribution in [-0.2, 0) is 4.74 Å². The highest BCUT2D eigenvalue weighted by atomic mass is 16.5. The molecular formula is C15H19N3O2. The maximum absolute atomic E-state index is 11.8. The average Bonchev–Trinajstić information content (AvgIpc) is 3.11. The minimum Gasteiger partial charge on any atom is -0.464 e. The Morgan fingerprint density at radius 1 is 1.50 bits per heavy atom. The normalized spacial score (nSPS) is 19.6. The molecule has 0 radical (unpaired) electrons. The van der Waals surface area contributed by atoms with Gasteiger partial charge in [0, 0.05) is 18.7 Å². The Hall–Kier alpha value is -1.88. The first-order chi connectivity index (χ1) is 9.72. The molecule has 1 atom stereocenters. The van der Waals surface area contributed by atoms with E-state index >= 15 is 0 Å². The standard InChI is InChI=1S/C15H19N3O2/c1-3-17-8-7-11(9-17)12-10-18-13(15(19)20-2)5-4-6-14(18)16-12/h4-6,10-11H,3,7-9H2,1-2H3. The molecule has 3 rings (SSSR count). The van der Waals surface area contributed by atoms with Crippen LogP contribution >= 0.6 is 0 Å². The Balaban J connectivity index is 1.97. The Morgan fingerprint density at radius 2 is 2.35 bits per heavy atom. The molecule has 0 amide bonds.